The van der Waals surface area contributed by atoms with E-state index in [-0.39, 0.29) is 23.6 Å². The molecule has 5 rings (SSSR count). The lowest BCUT2D eigenvalue weighted by atomic mass is 9.99. The number of hydrogen-bond acceptors (Lipinski definition) is 6. The molecule has 39 heavy (non-hydrogen) atoms. The van der Waals surface area contributed by atoms with Crippen LogP contribution in [0.2, 0.25) is 5.02 Å². The number of nitrogens with zero attached hydrogens (tertiary/aromatic N) is 2. The van der Waals surface area contributed by atoms with Gasteiger partial charge >= 0.3 is 6.03 Å². The second-order valence-corrected chi connectivity index (χ2v) is 9.24. The van der Waals surface area contributed by atoms with Crippen LogP contribution in [0.3, 0.4) is 0 Å². The molecule has 0 aliphatic carbocycles. The molecule has 0 spiro atoms. The average molecular weight is 542 g/mol. The smallest absolute Gasteiger partial charge is 0.335 e. The first-order valence-electron chi connectivity index (χ1n) is 11.8. The van der Waals surface area contributed by atoms with Crippen LogP contribution in [0.5, 0.6) is 5.75 Å². The lowest BCUT2D eigenvalue weighted by Gasteiger charge is -2.28. The largest absolute Gasteiger partial charge is 0.488 e. The third-order valence-corrected chi connectivity index (χ3v) is 6.48. The first kappa shape index (κ1) is 25.6. The molecule has 1 N–H and O–H groups in total. The number of hydrogen-bond donors (Lipinski definition) is 1. The second kappa shape index (κ2) is 10.4. The van der Waals surface area contributed by atoms with E-state index >= 15 is 0 Å². The molecule has 1 aliphatic heterocycles. The number of benzene rings is 4. The standard InChI is InChI=1S/C29H20ClN3O6/c1-17-9-11-20(30)14-25(17)32-28(35)24(27(34)31-29(32)36)15-23-22-8-3-2-6-19(22)10-12-26(23)39-16-18-5-4-7-21(13-18)33(37)38/h2-15H,16H2,1H3,(H,31,34,36)/b24-15+. The third-order valence-electron chi connectivity index (χ3n) is 6.25. The number of urea groups is 1. The number of halogens is 1. The summed E-state index contributed by atoms with van der Waals surface area (Å²) in [7, 11) is 0. The Labute approximate surface area is 227 Å². The van der Waals surface area contributed by atoms with Gasteiger partial charge in [0.05, 0.1) is 10.6 Å². The molecule has 1 saturated heterocycles. The number of rotatable bonds is 6. The van der Waals surface area contributed by atoms with Gasteiger partial charge in [0, 0.05) is 22.7 Å². The zero-order valence-electron chi connectivity index (χ0n) is 20.5. The predicted molar refractivity (Wildman–Crippen MR) is 147 cm³/mol. The average Bonchev–Trinajstić information content (AvgIpc) is 2.92. The fraction of sp³-hybridized carbons (Fsp3) is 0.0690. The maximum atomic E-state index is 13.6. The first-order valence-corrected chi connectivity index (χ1v) is 12.2. The molecule has 1 aliphatic rings. The minimum Gasteiger partial charge on any atom is -0.488 e. The fourth-order valence-corrected chi connectivity index (χ4v) is 4.48. The number of nitro benzene ring substituents is 1. The van der Waals surface area contributed by atoms with Gasteiger partial charge in [-0.3, -0.25) is 25.0 Å². The second-order valence-electron chi connectivity index (χ2n) is 8.80. The predicted octanol–water partition coefficient (Wildman–Crippen LogP) is 5.96. The van der Waals surface area contributed by atoms with Gasteiger partial charge in [0.15, 0.2) is 0 Å². The Hall–Kier alpha value is -5.02. The minimum atomic E-state index is -0.882. The molecular formula is C29H20ClN3O6. The summed E-state index contributed by atoms with van der Waals surface area (Å²) in [5, 5.41) is 15.2. The van der Waals surface area contributed by atoms with Crippen molar-refractivity contribution in [1.29, 1.82) is 0 Å². The molecule has 4 aromatic carbocycles. The maximum absolute atomic E-state index is 13.6. The Balaban J connectivity index is 1.58. The summed E-state index contributed by atoms with van der Waals surface area (Å²) in [6, 6.07) is 20.8. The quantitative estimate of drug-likeness (QED) is 0.139. The number of barbiturate groups is 1. The van der Waals surface area contributed by atoms with Crippen LogP contribution in [0, 0.1) is 17.0 Å². The Morgan fingerprint density at radius 2 is 1.79 bits per heavy atom. The molecule has 1 fully saturated rings. The van der Waals surface area contributed by atoms with Gasteiger partial charge in [0.1, 0.15) is 17.9 Å². The van der Waals surface area contributed by atoms with E-state index in [1.807, 2.05) is 30.3 Å². The number of nitro groups is 1. The van der Waals surface area contributed by atoms with Crippen LogP contribution in [0.4, 0.5) is 16.2 Å². The van der Waals surface area contributed by atoms with Crippen LogP contribution < -0.4 is 15.0 Å². The molecular weight excluding hydrogens is 522 g/mol. The molecule has 10 heteroatoms. The number of imide groups is 2. The zero-order chi connectivity index (χ0) is 27.7. The van der Waals surface area contributed by atoms with Crippen molar-refractivity contribution in [3.8, 4) is 5.75 Å². The Morgan fingerprint density at radius 1 is 1.00 bits per heavy atom. The van der Waals surface area contributed by atoms with Crippen molar-refractivity contribution < 1.29 is 24.0 Å². The van der Waals surface area contributed by atoms with E-state index in [4.69, 9.17) is 16.3 Å². The number of nitrogens with one attached hydrogen (secondary N) is 1. The molecule has 194 valence electrons. The molecule has 0 bridgehead atoms. The van der Waals surface area contributed by atoms with Crippen LogP contribution in [0.25, 0.3) is 16.8 Å². The summed E-state index contributed by atoms with van der Waals surface area (Å²) >= 11 is 6.12. The van der Waals surface area contributed by atoms with Crippen molar-refractivity contribution in [3.05, 3.63) is 116 Å². The van der Waals surface area contributed by atoms with Crippen molar-refractivity contribution in [1.82, 2.24) is 5.32 Å². The Morgan fingerprint density at radius 3 is 2.59 bits per heavy atom. The number of carbonyl (C=O) groups excluding carboxylic acids is 3. The summed E-state index contributed by atoms with van der Waals surface area (Å²) in [4.78, 5) is 50.7. The lowest BCUT2D eigenvalue weighted by Crippen LogP contribution is -2.54. The van der Waals surface area contributed by atoms with Crippen molar-refractivity contribution in [2.24, 2.45) is 0 Å². The van der Waals surface area contributed by atoms with Crippen LogP contribution >= 0.6 is 11.6 Å². The summed E-state index contributed by atoms with van der Waals surface area (Å²) < 4.78 is 6.04. The van der Waals surface area contributed by atoms with Crippen LogP contribution in [-0.2, 0) is 16.2 Å². The van der Waals surface area contributed by atoms with Gasteiger partial charge in [0.25, 0.3) is 17.5 Å². The summed E-state index contributed by atoms with van der Waals surface area (Å²) in [5.74, 6) is -1.32. The van der Waals surface area contributed by atoms with E-state index in [1.54, 1.807) is 37.3 Å². The summed E-state index contributed by atoms with van der Waals surface area (Å²) in [5.41, 5.74) is 1.53. The number of carbonyl (C=O) groups is 3. The topological polar surface area (TPSA) is 119 Å². The van der Waals surface area contributed by atoms with E-state index in [0.717, 1.165) is 10.3 Å². The molecule has 4 amide bonds. The fourth-order valence-electron chi connectivity index (χ4n) is 4.32. The number of fused-ring (bicyclic) bond motifs is 1. The highest BCUT2D eigenvalue weighted by Crippen LogP contribution is 2.33. The maximum Gasteiger partial charge on any atom is 0.335 e. The van der Waals surface area contributed by atoms with Gasteiger partial charge in [-0.15, -0.1) is 0 Å². The highest BCUT2D eigenvalue weighted by atomic mass is 35.5. The molecule has 0 saturated carbocycles. The van der Waals surface area contributed by atoms with E-state index in [9.17, 15) is 24.5 Å². The van der Waals surface area contributed by atoms with E-state index in [0.29, 0.717) is 32.8 Å². The summed E-state index contributed by atoms with van der Waals surface area (Å²) in [6.07, 6.45) is 1.39. The normalized spacial score (nSPS) is 14.6. The number of non-ortho nitro benzene ring substituents is 1. The van der Waals surface area contributed by atoms with E-state index in [2.05, 4.69) is 5.32 Å². The third kappa shape index (κ3) is 5.07. The number of amides is 4. The van der Waals surface area contributed by atoms with E-state index < -0.39 is 22.8 Å². The van der Waals surface area contributed by atoms with Crippen LogP contribution in [-0.4, -0.2) is 22.8 Å². The molecule has 0 atom stereocenters. The van der Waals surface area contributed by atoms with Gasteiger partial charge < -0.3 is 4.74 Å². The molecule has 0 unspecified atom stereocenters. The van der Waals surface area contributed by atoms with Crippen LogP contribution in [0.15, 0.2) is 84.4 Å². The number of ether oxygens (including phenoxy) is 1. The molecule has 1 heterocycles. The van der Waals surface area contributed by atoms with E-state index in [1.165, 1.54) is 24.3 Å². The first-order chi connectivity index (χ1) is 18.7. The minimum absolute atomic E-state index is 0.00264. The van der Waals surface area contributed by atoms with Gasteiger partial charge in [-0.25, -0.2) is 9.69 Å². The monoisotopic (exact) mass is 541 g/mol. The zero-order valence-corrected chi connectivity index (χ0v) is 21.3. The SMILES string of the molecule is Cc1ccc(Cl)cc1N1C(=O)NC(=O)/C(=C\c2c(OCc3cccc([N+](=O)[O-])c3)ccc3ccccc23)C1=O. The van der Waals surface area contributed by atoms with Crippen molar-refractivity contribution in [2.45, 2.75) is 13.5 Å². The molecule has 0 radical (unpaired) electrons. The molecule has 4 aromatic rings. The van der Waals surface area contributed by atoms with Gasteiger partial charge in [-0.1, -0.05) is 60.1 Å². The molecule has 9 nitrogen and oxygen atoms in total. The van der Waals surface area contributed by atoms with Crippen molar-refractivity contribution in [3.63, 3.8) is 0 Å². The number of anilines is 1. The van der Waals surface area contributed by atoms with Crippen molar-refractivity contribution >= 4 is 57.7 Å². The highest BCUT2D eigenvalue weighted by Gasteiger charge is 2.37. The Bertz CT molecular complexity index is 1710. The lowest BCUT2D eigenvalue weighted by molar-refractivity contribution is -0.384. The Kier molecular flexibility index (Phi) is 6.83. The van der Waals surface area contributed by atoms with Crippen LogP contribution in [0.1, 0.15) is 16.7 Å². The van der Waals surface area contributed by atoms with Gasteiger partial charge in [-0.2, -0.15) is 0 Å². The van der Waals surface area contributed by atoms with Gasteiger partial charge in [0.2, 0.25) is 0 Å². The summed E-state index contributed by atoms with van der Waals surface area (Å²) in [6.45, 7) is 1.72. The number of aryl methyl sites for hydroxylation is 1. The van der Waals surface area contributed by atoms with Crippen molar-refractivity contribution in [2.75, 3.05) is 4.90 Å². The highest BCUT2D eigenvalue weighted by molar-refractivity contribution is 6.40. The molecule has 0 aromatic heterocycles. The van der Waals surface area contributed by atoms with Gasteiger partial charge in [-0.05, 0) is 53.1 Å².